The van der Waals surface area contributed by atoms with Crippen LogP contribution < -0.4 is 108 Å². The number of unbranched alkanes of at least 4 members (excludes halogenated alkanes) is 4. The van der Waals surface area contributed by atoms with Crippen LogP contribution in [0.5, 0.6) is 0 Å². The van der Waals surface area contributed by atoms with Crippen molar-refractivity contribution in [1.82, 2.24) is 90.4 Å². The van der Waals surface area contributed by atoms with Crippen molar-refractivity contribution in [2.75, 3.05) is 98.4 Å². The van der Waals surface area contributed by atoms with Gasteiger partial charge in [-0.25, -0.2) is 4.79 Å². The van der Waals surface area contributed by atoms with Crippen molar-refractivity contribution >= 4 is 148 Å². The topological polar surface area (TPSA) is 836 Å². The Labute approximate surface area is 822 Å². The average Bonchev–Trinajstić information content (AvgIpc) is 0.845. The standard InChI is InChI=1S/C88H148N20O34/c1-10-138-73(125)45-93-77(129)57(25-37-69(117)118)105-81(133)53(21-13-17-41-89)101-65(113)33-29-61(109)97-49-88(50-98-62(110)30-34-66(114)102-54(22-14-18-42-90)82(134)106-58(26-38-70(119)120)78(130)94-46-74(126)139-11-2,51-99-63(111)31-35-67(115)103-55(23-15-19-43-91)83(135)107-59(27-39-71(121)122)79(131)95-47-75(127)140-12-3)52-100-64(112)32-36-68(116)104-56(24-16-20-44-92-85(137)142-87(7,8)9)84(136)108-60(28-40-72(123)124)80(132)96-48-76(128)141-86(4,5)6/h53-60H,10-52,89-91H2,1-9H3,(H,92,137)(H,93,129)(H,94,130)(H,95,131)(H,96,132)(H,97,109)(H,98,110)(H,99,111)(H,100,112)(H,101,113)(H,102,114)(H,103,115)(H,104,116)(H,105,133)(H,106,134)(H,107,135)(H,108,136)(H,117,118)(H,119,120)(H,121,122)(H,123,124). The van der Waals surface area contributed by atoms with E-state index in [1.165, 1.54) is 20.8 Å². The van der Waals surface area contributed by atoms with E-state index in [0.717, 1.165) is 0 Å². The van der Waals surface area contributed by atoms with Crippen LogP contribution >= 0.6 is 0 Å². The predicted octanol–water partition coefficient (Wildman–Crippen LogP) is -5.53. The Bertz CT molecular complexity index is 3900. The highest BCUT2D eigenvalue weighted by atomic mass is 16.6. The van der Waals surface area contributed by atoms with Crippen molar-refractivity contribution in [3.63, 3.8) is 0 Å². The lowest BCUT2D eigenvalue weighted by Gasteiger charge is -2.35. The molecule has 8 unspecified atom stereocenters. The Morgan fingerprint density at radius 3 is 0.683 bits per heavy atom. The van der Waals surface area contributed by atoms with Gasteiger partial charge in [0.15, 0.2) is 0 Å². The summed E-state index contributed by atoms with van der Waals surface area (Å²) in [5.41, 5.74) is 13.4. The van der Waals surface area contributed by atoms with Gasteiger partial charge < -0.3 is 152 Å². The van der Waals surface area contributed by atoms with Gasteiger partial charge in [0.1, 0.15) is 85.7 Å². The molecule has 0 fully saturated rings. The lowest BCUT2D eigenvalue weighted by atomic mass is 9.86. The molecule has 54 heteroatoms. The third-order valence-corrected chi connectivity index (χ3v) is 20.1. The lowest BCUT2D eigenvalue weighted by molar-refractivity contribution is -0.155. The van der Waals surface area contributed by atoms with Gasteiger partial charge in [0.05, 0.1) is 19.8 Å². The zero-order valence-corrected chi connectivity index (χ0v) is 82.3. The number of aliphatic carboxylic acids is 4. The molecule has 804 valence electrons. The van der Waals surface area contributed by atoms with E-state index in [-0.39, 0.29) is 104 Å². The zero-order valence-electron chi connectivity index (χ0n) is 82.3. The molecule has 8 atom stereocenters. The van der Waals surface area contributed by atoms with Crippen LogP contribution in [0.3, 0.4) is 0 Å². The van der Waals surface area contributed by atoms with E-state index in [4.69, 9.17) is 40.9 Å². The summed E-state index contributed by atoms with van der Waals surface area (Å²) >= 11 is 0. The quantitative estimate of drug-likeness (QED) is 0.0153. The minimum atomic E-state index is -1.96. The normalized spacial score (nSPS) is 13.1. The van der Waals surface area contributed by atoms with E-state index < -0.39 is 368 Å². The van der Waals surface area contributed by atoms with E-state index in [9.17, 15) is 140 Å². The number of nitrogens with one attached hydrogen (secondary N) is 17. The summed E-state index contributed by atoms with van der Waals surface area (Å²) in [7, 11) is 0. The highest BCUT2D eigenvalue weighted by Gasteiger charge is 2.38. The van der Waals surface area contributed by atoms with Gasteiger partial charge in [0.2, 0.25) is 94.5 Å². The number of hydrogen-bond donors (Lipinski definition) is 24. The average molecular weight is 2030 g/mol. The molecular weight excluding hydrogens is 1880 g/mol. The van der Waals surface area contributed by atoms with Crippen LogP contribution in [0, 0.1) is 5.41 Å². The summed E-state index contributed by atoms with van der Waals surface area (Å²) in [6.45, 7) is 8.39. The zero-order chi connectivity index (χ0) is 108. The van der Waals surface area contributed by atoms with Gasteiger partial charge >= 0.3 is 53.8 Å². The Morgan fingerprint density at radius 2 is 0.465 bits per heavy atom. The monoisotopic (exact) mass is 2030 g/mol. The fourth-order valence-corrected chi connectivity index (χ4v) is 12.8. The molecular formula is C88H148N20O34. The third kappa shape index (κ3) is 63.9. The van der Waals surface area contributed by atoms with Crippen LogP contribution in [0.1, 0.15) is 242 Å². The molecule has 17 amide bonds. The number of alkyl carbamates (subject to hydrolysis) is 1. The van der Waals surface area contributed by atoms with Gasteiger partial charge in [-0.2, -0.15) is 0 Å². The van der Waals surface area contributed by atoms with Crippen LogP contribution in [0.15, 0.2) is 0 Å². The molecule has 54 nitrogen and oxygen atoms in total. The lowest BCUT2D eigenvalue weighted by Crippen LogP contribution is -2.57. The van der Waals surface area contributed by atoms with Crippen LogP contribution in [0.2, 0.25) is 0 Å². The number of hydrogen-bond acceptors (Lipinski definition) is 33. The van der Waals surface area contributed by atoms with Crippen molar-refractivity contribution in [2.45, 2.75) is 302 Å². The fourth-order valence-electron chi connectivity index (χ4n) is 12.8. The maximum atomic E-state index is 14.4. The minimum Gasteiger partial charge on any atom is -0.481 e. The summed E-state index contributed by atoms with van der Waals surface area (Å²) in [6.07, 6.45) is -10.5. The Hall–Kier alpha value is -13.6. The van der Waals surface area contributed by atoms with E-state index in [0.29, 0.717) is 19.3 Å². The molecule has 0 aliphatic heterocycles. The van der Waals surface area contributed by atoms with Crippen molar-refractivity contribution in [3.05, 3.63) is 0 Å². The number of carbonyl (C=O) groups excluding carboxylic acids is 21. The van der Waals surface area contributed by atoms with E-state index in [1.54, 1.807) is 41.5 Å². The largest absolute Gasteiger partial charge is 0.481 e. The molecule has 0 aromatic carbocycles. The molecule has 0 bridgehead atoms. The number of carbonyl (C=O) groups is 25. The van der Waals surface area contributed by atoms with E-state index >= 15 is 0 Å². The third-order valence-electron chi connectivity index (χ3n) is 20.1. The number of esters is 4. The molecule has 0 radical (unpaired) electrons. The van der Waals surface area contributed by atoms with Crippen LogP contribution in [0.25, 0.3) is 0 Å². The highest BCUT2D eigenvalue weighted by Crippen LogP contribution is 2.18. The van der Waals surface area contributed by atoms with Gasteiger partial charge in [0, 0.05) is 115 Å². The second-order valence-electron chi connectivity index (χ2n) is 34.7. The highest BCUT2D eigenvalue weighted by molar-refractivity contribution is 5.98. The molecule has 27 N–H and O–H groups in total. The summed E-state index contributed by atoms with van der Waals surface area (Å²) in [5.74, 6) is -25.0. The van der Waals surface area contributed by atoms with Crippen molar-refractivity contribution in [2.24, 2.45) is 22.6 Å². The summed E-state index contributed by atoms with van der Waals surface area (Å²) in [6, 6.07) is -12.4. The number of amides is 17. The molecule has 0 saturated heterocycles. The van der Waals surface area contributed by atoms with Crippen LogP contribution in [0.4, 0.5) is 4.79 Å². The molecule has 0 aliphatic rings. The van der Waals surface area contributed by atoms with Crippen molar-refractivity contribution < 1.29 is 164 Å². The van der Waals surface area contributed by atoms with Gasteiger partial charge in [-0.05, 0) is 185 Å². The van der Waals surface area contributed by atoms with E-state index in [1.807, 2.05) is 0 Å². The first-order chi connectivity index (χ1) is 66.8. The van der Waals surface area contributed by atoms with Gasteiger partial charge in [-0.15, -0.1) is 0 Å². The van der Waals surface area contributed by atoms with Gasteiger partial charge in [-0.1, -0.05) is 0 Å². The number of nitrogens with two attached hydrogens (primary N) is 3. The number of rotatable bonds is 76. The van der Waals surface area contributed by atoms with Crippen LogP contribution in [-0.4, -0.2) is 327 Å². The Kier molecular flexibility index (Phi) is 64.9. The SMILES string of the molecule is CCOC(=O)CNC(=O)C(CCC(=O)O)NC(=O)C(CCCCN)NC(=O)CCC(=O)NCC(CNC(=O)CCC(=O)NC(CCCCN)C(=O)NC(CCC(=O)O)C(=O)NCC(=O)OCC)(CNC(=O)CCC(=O)NC(CCCCN)C(=O)NC(CCC(=O)O)C(=O)NCC(=O)OCC)CNC(=O)CCC(=O)NC(CCCCNC(=O)OC(C)(C)C)C(=O)NC(CCC(=O)O)C(=O)NCC(=O)OC(C)(C)C. The van der Waals surface area contributed by atoms with Crippen molar-refractivity contribution in [1.29, 1.82) is 0 Å². The van der Waals surface area contributed by atoms with Crippen molar-refractivity contribution in [3.8, 4) is 0 Å². The summed E-state index contributed by atoms with van der Waals surface area (Å²) in [5, 5.41) is 79.5. The molecule has 0 rings (SSSR count). The minimum absolute atomic E-state index is 0.0238. The first-order valence-corrected chi connectivity index (χ1v) is 47.0. The molecule has 0 aromatic rings. The molecule has 0 heterocycles. The predicted molar refractivity (Wildman–Crippen MR) is 499 cm³/mol. The molecule has 0 saturated carbocycles. The maximum absolute atomic E-state index is 14.4. The second-order valence-corrected chi connectivity index (χ2v) is 34.7. The Morgan fingerprint density at radius 1 is 0.246 bits per heavy atom. The summed E-state index contributed by atoms with van der Waals surface area (Å²) < 4.78 is 25.0. The molecule has 142 heavy (non-hydrogen) atoms. The van der Waals surface area contributed by atoms with Crippen LogP contribution in [-0.2, 0) is 139 Å². The van der Waals surface area contributed by atoms with Gasteiger partial charge in [-0.3, -0.25) is 115 Å². The summed E-state index contributed by atoms with van der Waals surface area (Å²) in [4.78, 5) is 331. The smallest absolute Gasteiger partial charge is 0.407 e. The Balaban J connectivity index is 8.42. The first kappa shape index (κ1) is 128. The fraction of sp³-hybridized carbons (Fsp3) is 0.716. The number of carboxylic acids is 4. The second kappa shape index (κ2) is 71.8. The van der Waals surface area contributed by atoms with E-state index in [2.05, 4.69) is 90.4 Å². The number of ether oxygens (including phenoxy) is 5. The molecule has 0 aliphatic carbocycles. The molecule has 0 aromatic heterocycles. The number of carboxylic acid groups (broad SMARTS) is 4. The molecule has 0 spiro atoms. The van der Waals surface area contributed by atoms with Gasteiger partial charge in [0.25, 0.3) is 0 Å². The maximum Gasteiger partial charge on any atom is 0.407 e. The first-order valence-electron chi connectivity index (χ1n) is 47.0.